The molecule has 1 amide bonds. The lowest BCUT2D eigenvalue weighted by Crippen LogP contribution is -2.58. The van der Waals surface area contributed by atoms with Crippen LogP contribution in [0.25, 0.3) is 22.6 Å². The predicted octanol–water partition coefficient (Wildman–Crippen LogP) is 2.19. The highest BCUT2D eigenvalue weighted by Crippen LogP contribution is 2.33. The molecule has 0 saturated carbocycles. The number of likely N-dealkylation sites (N-methyl/N-ethyl adjacent to an activating group) is 1. The third-order valence-electron chi connectivity index (χ3n) is 6.43. The van der Waals surface area contributed by atoms with Crippen molar-refractivity contribution in [3.63, 3.8) is 0 Å². The first-order chi connectivity index (χ1) is 14.9. The number of amides is 1. The summed E-state index contributed by atoms with van der Waals surface area (Å²) < 4.78 is 18.2. The minimum absolute atomic E-state index is 0.134. The van der Waals surface area contributed by atoms with Crippen molar-refractivity contribution < 1.29 is 9.18 Å². The summed E-state index contributed by atoms with van der Waals surface area (Å²) in [5.74, 6) is -0.0872. The van der Waals surface area contributed by atoms with Gasteiger partial charge in [-0.25, -0.2) is 18.9 Å². The van der Waals surface area contributed by atoms with E-state index in [0.29, 0.717) is 17.2 Å². The first kappa shape index (κ1) is 18.4. The molecule has 2 atom stereocenters. The second kappa shape index (κ2) is 6.34. The van der Waals surface area contributed by atoms with E-state index in [1.54, 1.807) is 21.3 Å². The summed E-state index contributed by atoms with van der Waals surface area (Å²) in [6, 6.07) is 3.54. The van der Waals surface area contributed by atoms with Gasteiger partial charge in [0, 0.05) is 43.5 Å². The number of halogens is 1. The van der Waals surface area contributed by atoms with Crippen LogP contribution in [0.3, 0.4) is 0 Å². The molecule has 2 saturated heterocycles. The van der Waals surface area contributed by atoms with Gasteiger partial charge in [-0.3, -0.25) is 4.79 Å². The fourth-order valence-electron chi connectivity index (χ4n) is 4.91. The van der Waals surface area contributed by atoms with Crippen molar-refractivity contribution >= 4 is 17.2 Å². The molecule has 158 valence electrons. The van der Waals surface area contributed by atoms with E-state index in [2.05, 4.69) is 27.0 Å². The number of hydrogen-bond donors (Lipinski definition) is 0. The largest absolute Gasteiger partial charge is 0.332 e. The monoisotopic (exact) mass is 419 g/mol. The van der Waals surface area contributed by atoms with Crippen molar-refractivity contribution in [2.45, 2.75) is 19.9 Å². The number of rotatable bonds is 2. The molecule has 0 aliphatic carbocycles. The first-order valence-corrected chi connectivity index (χ1v) is 10.4. The molecular formula is C22H22FN7O. The zero-order valence-electron chi connectivity index (χ0n) is 17.6. The fourth-order valence-corrected chi connectivity index (χ4v) is 4.91. The van der Waals surface area contributed by atoms with Crippen molar-refractivity contribution in [3.8, 4) is 11.3 Å². The highest BCUT2D eigenvalue weighted by molar-refractivity contribution is 5.94. The van der Waals surface area contributed by atoms with E-state index in [4.69, 9.17) is 0 Å². The molecule has 2 aliphatic heterocycles. The van der Waals surface area contributed by atoms with Gasteiger partial charge in [-0.15, -0.1) is 0 Å². The van der Waals surface area contributed by atoms with Crippen LogP contribution in [0.4, 0.5) is 4.39 Å². The van der Waals surface area contributed by atoms with E-state index in [0.717, 1.165) is 36.5 Å². The Labute approximate surface area is 177 Å². The molecule has 0 radical (unpaired) electrons. The maximum atomic E-state index is 14.9. The maximum absolute atomic E-state index is 14.9. The Bertz CT molecular complexity index is 1370. The number of carbonyl (C=O) groups excluding carboxylic acids is 1. The van der Waals surface area contributed by atoms with Crippen LogP contribution in [0.1, 0.15) is 21.7 Å². The van der Waals surface area contributed by atoms with Gasteiger partial charge in [0.05, 0.1) is 23.6 Å². The number of nitrogens with zero attached hydrogens (tertiary/aromatic N) is 7. The summed E-state index contributed by atoms with van der Waals surface area (Å²) in [6.45, 7) is 6.50. The smallest absolute Gasteiger partial charge is 0.274 e. The van der Waals surface area contributed by atoms with Crippen LogP contribution >= 0.6 is 0 Å². The van der Waals surface area contributed by atoms with Crippen LogP contribution in [0, 0.1) is 25.6 Å². The van der Waals surface area contributed by atoms with Crippen LogP contribution in [0.2, 0.25) is 0 Å². The Kier molecular flexibility index (Phi) is 3.77. The van der Waals surface area contributed by atoms with E-state index < -0.39 is 5.82 Å². The van der Waals surface area contributed by atoms with Crippen LogP contribution in [0.5, 0.6) is 0 Å². The van der Waals surface area contributed by atoms with Gasteiger partial charge in [0.25, 0.3) is 5.91 Å². The van der Waals surface area contributed by atoms with Gasteiger partial charge >= 0.3 is 0 Å². The molecular weight excluding hydrogens is 397 g/mol. The lowest BCUT2D eigenvalue weighted by molar-refractivity contribution is 0.0322. The average Bonchev–Trinajstić information content (AvgIpc) is 3.39. The van der Waals surface area contributed by atoms with E-state index in [-0.39, 0.29) is 23.3 Å². The Hall–Kier alpha value is -3.33. The van der Waals surface area contributed by atoms with Gasteiger partial charge in [-0.05, 0) is 38.6 Å². The Balaban J connectivity index is 1.37. The predicted molar refractivity (Wildman–Crippen MR) is 112 cm³/mol. The normalized spacial score (nSPS) is 21.1. The molecule has 31 heavy (non-hydrogen) atoms. The van der Waals surface area contributed by atoms with Crippen LogP contribution in [-0.2, 0) is 0 Å². The van der Waals surface area contributed by atoms with Crippen LogP contribution < -0.4 is 0 Å². The van der Waals surface area contributed by atoms with Gasteiger partial charge < -0.3 is 14.2 Å². The van der Waals surface area contributed by atoms with Gasteiger partial charge in [0.15, 0.2) is 17.1 Å². The number of hydrogen-bond acceptors (Lipinski definition) is 5. The number of pyridine rings is 1. The summed E-state index contributed by atoms with van der Waals surface area (Å²) in [4.78, 5) is 25.9. The zero-order valence-corrected chi connectivity index (χ0v) is 17.6. The summed E-state index contributed by atoms with van der Waals surface area (Å²) in [6.07, 6.45) is 5.22. The molecule has 4 aromatic rings. The van der Waals surface area contributed by atoms with Crippen molar-refractivity contribution in [2.24, 2.45) is 5.92 Å². The first-order valence-electron chi connectivity index (χ1n) is 10.4. The molecule has 0 aromatic carbocycles. The third kappa shape index (κ3) is 2.76. The topological polar surface area (TPSA) is 71.0 Å². The second-order valence-corrected chi connectivity index (χ2v) is 8.80. The van der Waals surface area contributed by atoms with Crippen molar-refractivity contribution in [1.29, 1.82) is 0 Å². The molecule has 0 N–H and O–H groups in total. The Morgan fingerprint density at radius 1 is 1.06 bits per heavy atom. The van der Waals surface area contributed by atoms with Crippen LogP contribution in [-0.4, -0.2) is 72.4 Å². The highest BCUT2D eigenvalue weighted by atomic mass is 19.1. The zero-order chi connectivity index (χ0) is 21.4. The van der Waals surface area contributed by atoms with Crippen molar-refractivity contribution in [3.05, 3.63) is 53.5 Å². The third-order valence-corrected chi connectivity index (χ3v) is 6.43. The summed E-state index contributed by atoms with van der Waals surface area (Å²) in [7, 11) is 2.07. The molecule has 4 aromatic heterocycles. The Morgan fingerprint density at radius 3 is 2.71 bits per heavy atom. The number of imidazole rings is 2. The summed E-state index contributed by atoms with van der Waals surface area (Å²) in [5, 5.41) is 4.58. The molecule has 2 aliphatic rings. The quantitative estimate of drug-likeness (QED) is 0.498. The number of aromatic nitrogens is 5. The molecule has 0 spiro atoms. The second-order valence-electron chi connectivity index (χ2n) is 8.80. The van der Waals surface area contributed by atoms with E-state index in [1.165, 1.54) is 6.07 Å². The summed E-state index contributed by atoms with van der Waals surface area (Å²) in [5.41, 5.74) is 4.26. The maximum Gasteiger partial charge on any atom is 0.274 e. The van der Waals surface area contributed by atoms with E-state index in [9.17, 15) is 9.18 Å². The number of aryl methyl sites for hydroxylation is 2. The molecule has 9 heteroatoms. The number of fused-ring (bicyclic) bond motifs is 3. The van der Waals surface area contributed by atoms with Gasteiger partial charge in [-0.2, -0.15) is 5.10 Å². The molecule has 6 rings (SSSR count). The molecule has 2 fully saturated rings. The summed E-state index contributed by atoms with van der Waals surface area (Å²) >= 11 is 0. The van der Waals surface area contributed by atoms with Crippen LogP contribution in [0.15, 0.2) is 30.7 Å². The van der Waals surface area contributed by atoms with Gasteiger partial charge in [0.2, 0.25) is 0 Å². The van der Waals surface area contributed by atoms with Crippen molar-refractivity contribution in [2.75, 3.05) is 26.7 Å². The highest BCUT2D eigenvalue weighted by Gasteiger charge is 2.47. The van der Waals surface area contributed by atoms with E-state index >= 15 is 0 Å². The SMILES string of the molecule is Cc1cn2nc(-c3cc(F)c4nc(C(=O)N5CC6CN(C)C[C@H]65)cn4c3)cc(C)c2n1. The Morgan fingerprint density at radius 2 is 1.90 bits per heavy atom. The number of likely N-dealkylation sites (tertiary alicyclic amines) is 2. The molecule has 6 heterocycles. The standard InChI is InChI=1S/C22H22FN7O/c1-12-4-17(26-30-6-13(2)24-20(12)30)14-5-16(23)21-25-18(10-28(21)8-14)22(31)29-9-15-7-27(3)11-19(15)29/h4-6,8,10,15,19H,7,9,11H2,1-3H3/t15?,19-/m1/s1. The average molecular weight is 419 g/mol. The minimum atomic E-state index is -0.486. The molecule has 1 unspecified atom stereocenters. The molecule has 8 nitrogen and oxygen atoms in total. The van der Waals surface area contributed by atoms with Crippen molar-refractivity contribution in [1.82, 2.24) is 33.8 Å². The number of carbonyl (C=O) groups is 1. The molecule has 0 bridgehead atoms. The fraction of sp³-hybridized carbons (Fsp3) is 0.364. The minimum Gasteiger partial charge on any atom is -0.332 e. The van der Waals surface area contributed by atoms with Gasteiger partial charge in [-0.1, -0.05) is 0 Å². The lowest BCUT2D eigenvalue weighted by atomic mass is 9.92. The van der Waals surface area contributed by atoms with E-state index in [1.807, 2.05) is 31.0 Å². The lowest BCUT2D eigenvalue weighted by Gasteiger charge is -2.43. The van der Waals surface area contributed by atoms with Gasteiger partial charge in [0.1, 0.15) is 5.69 Å².